The first-order chi connectivity index (χ1) is 6.11. The Hall–Kier alpha value is -1.71. The summed E-state index contributed by atoms with van der Waals surface area (Å²) in [7, 11) is 1.77. The van der Waals surface area contributed by atoms with Gasteiger partial charge >= 0.3 is 0 Å². The van der Waals surface area contributed by atoms with Crippen molar-refractivity contribution in [2.75, 3.05) is 24.2 Å². The summed E-state index contributed by atoms with van der Waals surface area (Å²) >= 11 is 0. The zero-order valence-electron chi connectivity index (χ0n) is 7.53. The minimum absolute atomic E-state index is 0.175. The fourth-order valence-electron chi connectivity index (χ4n) is 1.15. The van der Waals surface area contributed by atoms with Crippen molar-refractivity contribution in [1.82, 2.24) is 0 Å². The molecule has 0 bridgehead atoms. The largest absolute Gasteiger partial charge is 0.397 e. The van der Waals surface area contributed by atoms with Crippen molar-refractivity contribution in [1.29, 1.82) is 0 Å². The molecule has 4 nitrogen and oxygen atoms in total. The molecule has 0 aliphatic heterocycles. The van der Waals surface area contributed by atoms with E-state index in [4.69, 9.17) is 11.5 Å². The quantitative estimate of drug-likeness (QED) is 0.650. The average molecular weight is 179 g/mol. The van der Waals surface area contributed by atoms with Crippen LogP contribution in [0.2, 0.25) is 0 Å². The van der Waals surface area contributed by atoms with Crippen molar-refractivity contribution >= 4 is 17.3 Å². The molecule has 70 valence electrons. The molecule has 0 fully saturated rings. The molecule has 0 aromatic heterocycles. The molecular formula is C9H13N3O. The van der Waals surface area contributed by atoms with Crippen LogP contribution in [0.15, 0.2) is 24.3 Å². The molecule has 1 aromatic rings. The summed E-state index contributed by atoms with van der Waals surface area (Å²) in [5.41, 5.74) is 12.2. The number of likely N-dealkylation sites (N-methyl/N-ethyl adjacent to an activating group) is 1. The van der Waals surface area contributed by atoms with E-state index in [0.29, 0.717) is 5.69 Å². The molecule has 0 heterocycles. The average Bonchev–Trinajstić information content (AvgIpc) is 2.03. The number of hydrogen-bond donors (Lipinski definition) is 2. The van der Waals surface area contributed by atoms with Crippen molar-refractivity contribution in [2.24, 2.45) is 5.73 Å². The minimum atomic E-state index is -0.370. The predicted molar refractivity (Wildman–Crippen MR) is 53.3 cm³/mol. The van der Waals surface area contributed by atoms with E-state index in [0.717, 1.165) is 5.69 Å². The summed E-state index contributed by atoms with van der Waals surface area (Å²) in [5, 5.41) is 0. The molecule has 0 radical (unpaired) electrons. The van der Waals surface area contributed by atoms with Gasteiger partial charge in [0.25, 0.3) is 0 Å². The molecule has 0 spiro atoms. The van der Waals surface area contributed by atoms with Gasteiger partial charge in [-0.3, -0.25) is 4.79 Å². The van der Waals surface area contributed by atoms with Crippen LogP contribution in [0.5, 0.6) is 0 Å². The highest BCUT2D eigenvalue weighted by Crippen LogP contribution is 2.20. The molecule has 0 saturated carbocycles. The maximum Gasteiger partial charge on any atom is 0.236 e. The van der Waals surface area contributed by atoms with E-state index in [2.05, 4.69) is 0 Å². The van der Waals surface area contributed by atoms with Gasteiger partial charge in [-0.1, -0.05) is 12.1 Å². The summed E-state index contributed by atoms with van der Waals surface area (Å²) in [6, 6.07) is 7.34. The smallest absolute Gasteiger partial charge is 0.236 e. The lowest BCUT2D eigenvalue weighted by Gasteiger charge is -2.18. The van der Waals surface area contributed by atoms with Crippen LogP contribution < -0.4 is 16.4 Å². The van der Waals surface area contributed by atoms with Gasteiger partial charge in [0.2, 0.25) is 5.91 Å². The highest BCUT2D eigenvalue weighted by Gasteiger charge is 2.05. The first kappa shape index (κ1) is 9.38. The van der Waals surface area contributed by atoms with Gasteiger partial charge in [0.05, 0.1) is 17.9 Å². The standard InChI is InChI=1S/C9H13N3O/c1-12(6-9(11)13)8-5-3-2-4-7(8)10/h2-5H,6,10H2,1H3,(H2,11,13). The maximum atomic E-state index is 10.6. The van der Waals surface area contributed by atoms with Gasteiger partial charge in [-0.2, -0.15) is 0 Å². The lowest BCUT2D eigenvalue weighted by molar-refractivity contribution is -0.116. The van der Waals surface area contributed by atoms with E-state index in [-0.39, 0.29) is 12.5 Å². The van der Waals surface area contributed by atoms with Gasteiger partial charge in [-0.05, 0) is 12.1 Å². The zero-order chi connectivity index (χ0) is 9.84. The van der Waals surface area contributed by atoms with Crippen molar-refractivity contribution in [3.8, 4) is 0 Å². The third-order valence-electron chi connectivity index (χ3n) is 1.74. The van der Waals surface area contributed by atoms with Gasteiger partial charge in [0, 0.05) is 7.05 Å². The number of nitrogens with two attached hydrogens (primary N) is 2. The zero-order valence-corrected chi connectivity index (χ0v) is 7.53. The fourth-order valence-corrected chi connectivity index (χ4v) is 1.15. The van der Waals surface area contributed by atoms with Crippen LogP contribution in [0.1, 0.15) is 0 Å². The Bertz CT molecular complexity index is 311. The number of carbonyl (C=O) groups excluding carboxylic acids is 1. The minimum Gasteiger partial charge on any atom is -0.397 e. The van der Waals surface area contributed by atoms with Gasteiger partial charge in [-0.25, -0.2) is 0 Å². The molecule has 0 saturated heterocycles. The number of carbonyl (C=O) groups is 1. The number of anilines is 2. The molecule has 0 unspecified atom stereocenters. The van der Waals surface area contributed by atoms with Crippen molar-refractivity contribution < 1.29 is 4.79 Å². The van der Waals surface area contributed by atoms with Crippen LogP contribution in [0.4, 0.5) is 11.4 Å². The second kappa shape index (κ2) is 3.80. The van der Waals surface area contributed by atoms with Crippen LogP contribution in [-0.2, 0) is 4.79 Å². The summed E-state index contributed by atoms with van der Waals surface area (Å²) in [6.07, 6.45) is 0. The second-order valence-corrected chi connectivity index (χ2v) is 2.88. The Labute approximate surface area is 77.1 Å². The van der Waals surface area contributed by atoms with E-state index in [9.17, 15) is 4.79 Å². The molecule has 4 N–H and O–H groups in total. The first-order valence-electron chi connectivity index (χ1n) is 3.95. The van der Waals surface area contributed by atoms with Gasteiger partial charge in [-0.15, -0.1) is 0 Å². The van der Waals surface area contributed by atoms with E-state index < -0.39 is 0 Å². The molecule has 13 heavy (non-hydrogen) atoms. The topological polar surface area (TPSA) is 72.3 Å². The number of amides is 1. The third kappa shape index (κ3) is 2.37. The summed E-state index contributed by atoms with van der Waals surface area (Å²) < 4.78 is 0. The molecule has 0 atom stereocenters. The Morgan fingerprint density at radius 3 is 2.62 bits per heavy atom. The molecule has 1 rings (SSSR count). The molecule has 4 heteroatoms. The first-order valence-corrected chi connectivity index (χ1v) is 3.95. The number of nitrogen functional groups attached to an aromatic ring is 1. The van der Waals surface area contributed by atoms with Crippen LogP contribution >= 0.6 is 0 Å². The predicted octanol–water partition coefficient (Wildman–Crippen LogP) is 0.190. The van der Waals surface area contributed by atoms with E-state index in [1.807, 2.05) is 18.2 Å². The van der Waals surface area contributed by atoms with E-state index in [1.165, 1.54) is 0 Å². The van der Waals surface area contributed by atoms with Crippen molar-refractivity contribution in [3.63, 3.8) is 0 Å². The van der Waals surface area contributed by atoms with E-state index >= 15 is 0 Å². The van der Waals surface area contributed by atoms with Crippen LogP contribution in [-0.4, -0.2) is 19.5 Å². The Morgan fingerprint density at radius 1 is 1.46 bits per heavy atom. The molecule has 0 aliphatic carbocycles. The number of benzene rings is 1. The third-order valence-corrected chi connectivity index (χ3v) is 1.74. The summed E-state index contributed by atoms with van der Waals surface area (Å²) in [4.78, 5) is 12.4. The van der Waals surface area contributed by atoms with Crippen LogP contribution in [0.25, 0.3) is 0 Å². The van der Waals surface area contributed by atoms with Gasteiger partial charge in [0.1, 0.15) is 0 Å². The van der Waals surface area contributed by atoms with Crippen molar-refractivity contribution in [2.45, 2.75) is 0 Å². The van der Waals surface area contributed by atoms with Crippen molar-refractivity contribution in [3.05, 3.63) is 24.3 Å². The maximum absolute atomic E-state index is 10.6. The van der Waals surface area contributed by atoms with Gasteiger partial charge < -0.3 is 16.4 Å². The molecular weight excluding hydrogens is 166 g/mol. The van der Waals surface area contributed by atoms with Gasteiger partial charge in [0.15, 0.2) is 0 Å². The summed E-state index contributed by atoms with van der Waals surface area (Å²) in [6.45, 7) is 0.175. The highest BCUT2D eigenvalue weighted by atomic mass is 16.1. The Morgan fingerprint density at radius 2 is 2.08 bits per heavy atom. The Balaban J connectivity index is 2.82. The van der Waals surface area contributed by atoms with Crippen LogP contribution in [0, 0.1) is 0 Å². The number of rotatable bonds is 3. The molecule has 0 aliphatic rings. The Kier molecular flexibility index (Phi) is 2.74. The lowest BCUT2D eigenvalue weighted by Crippen LogP contribution is -2.30. The number of primary amides is 1. The molecule has 1 amide bonds. The van der Waals surface area contributed by atoms with E-state index in [1.54, 1.807) is 18.0 Å². The lowest BCUT2D eigenvalue weighted by atomic mass is 10.2. The SMILES string of the molecule is CN(CC(N)=O)c1ccccc1N. The molecule has 1 aromatic carbocycles. The van der Waals surface area contributed by atoms with Crippen LogP contribution in [0.3, 0.4) is 0 Å². The number of hydrogen-bond acceptors (Lipinski definition) is 3. The second-order valence-electron chi connectivity index (χ2n) is 2.88. The monoisotopic (exact) mass is 179 g/mol. The highest BCUT2D eigenvalue weighted by molar-refractivity contribution is 5.81. The summed E-state index contributed by atoms with van der Waals surface area (Å²) in [5.74, 6) is -0.370. The normalized spacial score (nSPS) is 9.62. The number of nitrogens with zero attached hydrogens (tertiary/aromatic N) is 1. The number of para-hydroxylation sites is 2. The fraction of sp³-hybridized carbons (Fsp3) is 0.222.